The van der Waals surface area contributed by atoms with E-state index in [9.17, 15) is 13.6 Å². The van der Waals surface area contributed by atoms with E-state index in [2.05, 4.69) is 26.6 Å². The van der Waals surface area contributed by atoms with E-state index in [1.165, 1.54) is 0 Å². The molecule has 0 aromatic heterocycles. The zero-order valence-corrected chi connectivity index (χ0v) is 12.6. The molecular formula is C15H13BrF2N2O. The lowest BCUT2D eigenvalue weighted by molar-refractivity contribution is 0.252. The van der Waals surface area contributed by atoms with Crippen molar-refractivity contribution >= 4 is 27.6 Å². The van der Waals surface area contributed by atoms with Crippen LogP contribution in [0.25, 0.3) is 0 Å². The average molecular weight is 355 g/mol. The SMILES string of the molecule is O=C(NCCc1ccc(Br)cc1)Nc1cc(F)ccc1F. The minimum absolute atomic E-state index is 0.184. The lowest BCUT2D eigenvalue weighted by Crippen LogP contribution is -2.30. The van der Waals surface area contributed by atoms with Crippen molar-refractivity contribution in [3.63, 3.8) is 0 Å². The van der Waals surface area contributed by atoms with Crippen molar-refractivity contribution in [3.05, 3.63) is 64.1 Å². The summed E-state index contributed by atoms with van der Waals surface area (Å²) in [5, 5.41) is 4.86. The van der Waals surface area contributed by atoms with Crippen LogP contribution in [0.3, 0.4) is 0 Å². The second kappa shape index (κ2) is 7.17. The molecule has 0 aliphatic carbocycles. The molecule has 0 saturated heterocycles. The highest BCUT2D eigenvalue weighted by molar-refractivity contribution is 9.10. The minimum Gasteiger partial charge on any atom is -0.338 e. The quantitative estimate of drug-likeness (QED) is 0.852. The number of carbonyl (C=O) groups excluding carboxylic acids is 1. The predicted molar refractivity (Wildman–Crippen MR) is 81.2 cm³/mol. The van der Waals surface area contributed by atoms with Gasteiger partial charge in [-0.15, -0.1) is 0 Å². The fraction of sp³-hybridized carbons (Fsp3) is 0.133. The average Bonchev–Trinajstić information content (AvgIpc) is 2.45. The number of nitrogens with one attached hydrogen (secondary N) is 2. The van der Waals surface area contributed by atoms with Crippen LogP contribution in [0.5, 0.6) is 0 Å². The first kappa shape index (κ1) is 15.4. The fourth-order valence-electron chi connectivity index (χ4n) is 1.73. The Morgan fingerprint density at radius 3 is 2.52 bits per heavy atom. The number of rotatable bonds is 4. The van der Waals surface area contributed by atoms with E-state index < -0.39 is 17.7 Å². The molecule has 0 heterocycles. The first-order valence-corrected chi connectivity index (χ1v) is 7.08. The van der Waals surface area contributed by atoms with Crippen LogP contribution in [-0.4, -0.2) is 12.6 Å². The third-order valence-electron chi connectivity index (χ3n) is 2.79. The Hall–Kier alpha value is -1.95. The second-order valence-corrected chi connectivity index (χ2v) is 5.30. The minimum atomic E-state index is -0.681. The van der Waals surface area contributed by atoms with Gasteiger partial charge in [-0.3, -0.25) is 0 Å². The monoisotopic (exact) mass is 354 g/mol. The van der Waals surface area contributed by atoms with Gasteiger partial charge in [0.15, 0.2) is 0 Å². The van der Waals surface area contributed by atoms with Gasteiger partial charge < -0.3 is 10.6 Å². The first-order chi connectivity index (χ1) is 10.0. The van der Waals surface area contributed by atoms with E-state index in [1.807, 2.05) is 24.3 Å². The van der Waals surface area contributed by atoms with Gasteiger partial charge in [0.1, 0.15) is 11.6 Å². The summed E-state index contributed by atoms with van der Waals surface area (Å²) in [5.74, 6) is -1.29. The molecule has 3 nitrogen and oxygen atoms in total. The molecule has 2 aromatic rings. The molecule has 0 aliphatic rings. The Morgan fingerprint density at radius 2 is 1.81 bits per heavy atom. The third-order valence-corrected chi connectivity index (χ3v) is 3.32. The highest BCUT2D eigenvalue weighted by Crippen LogP contribution is 2.15. The first-order valence-electron chi connectivity index (χ1n) is 6.29. The van der Waals surface area contributed by atoms with Crippen molar-refractivity contribution in [2.45, 2.75) is 6.42 Å². The molecule has 0 fully saturated rings. The number of hydrogen-bond acceptors (Lipinski definition) is 1. The number of halogens is 3. The van der Waals surface area contributed by atoms with Crippen LogP contribution >= 0.6 is 15.9 Å². The van der Waals surface area contributed by atoms with Gasteiger partial charge in [-0.1, -0.05) is 28.1 Å². The van der Waals surface area contributed by atoms with Crippen molar-refractivity contribution < 1.29 is 13.6 Å². The maximum absolute atomic E-state index is 13.3. The molecule has 6 heteroatoms. The van der Waals surface area contributed by atoms with E-state index >= 15 is 0 Å². The van der Waals surface area contributed by atoms with Crippen molar-refractivity contribution in [3.8, 4) is 0 Å². The van der Waals surface area contributed by atoms with Crippen LogP contribution in [0.2, 0.25) is 0 Å². The molecule has 0 spiro atoms. The molecule has 0 bridgehead atoms. The van der Waals surface area contributed by atoms with E-state index in [-0.39, 0.29) is 5.69 Å². The van der Waals surface area contributed by atoms with Gasteiger partial charge in [-0.05, 0) is 36.2 Å². The largest absolute Gasteiger partial charge is 0.338 e. The summed E-state index contributed by atoms with van der Waals surface area (Å²) in [6.45, 7) is 0.393. The fourth-order valence-corrected chi connectivity index (χ4v) is 2.00. The summed E-state index contributed by atoms with van der Waals surface area (Å²) in [7, 11) is 0. The number of benzene rings is 2. The number of carbonyl (C=O) groups is 1. The summed E-state index contributed by atoms with van der Waals surface area (Å²) >= 11 is 3.34. The van der Waals surface area contributed by atoms with Gasteiger partial charge in [-0.2, -0.15) is 0 Å². The molecule has 2 aromatic carbocycles. The van der Waals surface area contributed by atoms with Gasteiger partial charge in [0, 0.05) is 17.1 Å². The molecule has 0 saturated carbocycles. The lowest BCUT2D eigenvalue weighted by atomic mass is 10.1. The van der Waals surface area contributed by atoms with Crippen molar-refractivity contribution in [2.24, 2.45) is 0 Å². The van der Waals surface area contributed by atoms with E-state index in [0.717, 1.165) is 28.2 Å². The van der Waals surface area contributed by atoms with Gasteiger partial charge in [0.2, 0.25) is 0 Å². The summed E-state index contributed by atoms with van der Waals surface area (Å²) < 4.78 is 27.3. The molecule has 2 N–H and O–H groups in total. The Kier molecular flexibility index (Phi) is 5.27. The number of anilines is 1. The highest BCUT2D eigenvalue weighted by atomic mass is 79.9. The van der Waals surface area contributed by atoms with Crippen LogP contribution < -0.4 is 10.6 Å². The number of urea groups is 1. The Labute approximate surface area is 129 Å². The van der Waals surface area contributed by atoms with Gasteiger partial charge >= 0.3 is 6.03 Å². The van der Waals surface area contributed by atoms with Crippen LogP contribution in [-0.2, 0) is 6.42 Å². The van der Waals surface area contributed by atoms with Crippen LogP contribution in [0.4, 0.5) is 19.3 Å². The van der Waals surface area contributed by atoms with Crippen molar-refractivity contribution in [1.82, 2.24) is 5.32 Å². The molecule has 2 rings (SSSR count). The zero-order chi connectivity index (χ0) is 15.2. The summed E-state index contributed by atoms with van der Waals surface area (Å²) in [5.41, 5.74) is 0.881. The standard InChI is InChI=1S/C15H13BrF2N2O/c16-11-3-1-10(2-4-11)7-8-19-15(21)20-14-9-12(17)5-6-13(14)18/h1-6,9H,7-8H2,(H2,19,20,21). The molecular weight excluding hydrogens is 342 g/mol. The Balaban J connectivity index is 1.82. The summed E-state index contributed by atoms with van der Waals surface area (Å²) in [4.78, 5) is 11.6. The summed E-state index contributed by atoms with van der Waals surface area (Å²) in [6, 6.07) is 10.0. The van der Waals surface area contributed by atoms with Gasteiger partial charge in [-0.25, -0.2) is 13.6 Å². The van der Waals surface area contributed by atoms with Crippen molar-refractivity contribution in [1.29, 1.82) is 0 Å². The number of amides is 2. The Morgan fingerprint density at radius 1 is 1.10 bits per heavy atom. The van der Waals surface area contributed by atoms with Crippen LogP contribution in [0, 0.1) is 11.6 Å². The maximum Gasteiger partial charge on any atom is 0.319 e. The third kappa shape index (κ3) is 4.82. The molecule has 0 atom stereocenters. The highest BCUT2D eigenvalue weighted by Gasteiger charge is 2.07. The lowest BCUT2D eigenvalue weighted by Gasteiger charge is -2.08. The topological polar surface area (TPSA) is 41.1 Å². The second-order valence-electron chi connectivity index (χ2n) is 4.38. The predicted octanol–water partition coefficient (Wildman–Crippen LogP) is 4.09. The number of hydrogen-bond donors (Lipinski definition) is 2. The van der Waals surface area contributed by atoms with E-state index in [4.69, 9.17) is 0 Å². The smallest absolute Gasteiger partial charge is 0.319 e. The van der Waals surface area contributed by atoms with Gasteiger partial charge in [0.25, 0.3) is 0 Å². The molecule has 0 unspecified atom stereocenters. The zero-order valence-electron chi connectivity index (χ0n) is 11.0. The maximum atomic E-state index is 13.3. The van der Waals surface area contributed by atoms with E-state index in [1.54, 1.807) is 0 Å². The molecule has 0 radical (unpaired) electrons. The molecule has 21 heavy (non-hydrogen) atoms. The Bertz CT molecular complexity index is 632. The molecule has 2 amide bonds. The van der Waals surface area contributed by atoms with Crippen LogP contribution in [0.1, 0.15) is 5.56 Å². The van der Waals surface area contributed by atoms with E-state index in [0.29, 0.717) is 13.0 Å². The van der Waals surface area contributed by atoms with Crippen LogP contribution in [0.15, 0.2) is 46.9 Å². The van der Waals surface area contributed by atoms with Gasteiger partial charge in [0.05, 0.1) is 5.69 Å². The summed E-state index contributed by atoms with van der Waals surface area (Å²) in [6.07, 6.45) is 0.645. The van der Waals surface area contributed by atoms with Crippen molar-refractivity contribution in [2.75, 3.05) is 11.9 Å². The molecule has 110 valence electrons. The molecule has 0 aliphatic heterocycles. The normalized spacial score (nSPS) is 10.2.